The van der Waals surface area contributed by atoms with E-state index in [1.54, 1.807) is 0 Å². The molecular formula is C16H28N2O3. The number of carbonyl (C=O) groups is 2. The number of hydrogen-bond acceptors (Lipinski definition) is 3. The number of amides is 1. The zero-order chi connectivity index (χ0) is 15.1. The van der Waals surface area contributed by atoms with Crippen molar-refractivity contribution in [3.8, 4) is 0 Å². The lowest BCUT2D eigenvalue weighted by atomic mass is 9.86. The molecule has 2 aliphatic rings. The van der Waals surface area contributed by atoms with Gasteiger partial charge in [-0.25, -0.2) is 0 Å². The van der Waals surface area contributed by atoms with Crippen molar-refractivity contribution in [3.05, 3.63) is 0 Å². The molecule has 1 aliphatic heterocycles. The summed E-state index contributed by atoms with van der Waals surface area (Å²) in [5.74, 6) is -0.765. The average molecular weight is 296 g/mol. The van der Waals surface area contributed by atoms with Gasteiger partial charge in [-0.15, -0.1) is 0 Å². The van der Waals surface area contributed by atoms with Crippen molar-refractivity contribution in [2.75, 3.05) is 19.6 Å². The van der Waals surface area contributed by atoms with Crippen LogP contribution in [0.25, 0.3) is 0 Å². The highest BCUT2D eigenvalue weighted by atomic mass is 16.4. The van der Waals surface area contributed by atoms with Gasteiger partial charge in [-0.2, -0.15) is 0 Å². The Balaban J connectivity index is 1.73. The Labute approximate surface area is 127 Å². The van der Waals surface area contributed by atoms with Crippen LogP contribution in [0.3, 0.4) is 0 Å². The number of carboxylic acid groups (broad SMARTS) is 1. The average Bonchev–Trinajstić information content (AvgIpc) is 2.44. The summed E-state index contributed by atoms with van der Waals surface area (Å²) in [5.41, 5.74) is 0. The van der Waals surface area contributed by atoms with Gasteiger partial charge in [0, 0.05) is 19.1 Å². The van der Waals surface area contributed by atoms with E-state index in [9.17, 15) is 9.59 Å². The molecule has 1 amide bonds. The number of rotatable bonds is 4. The normalized spacial score (nSPS) is 27.7. The van der Waals surface area contributed by atoms with Gasteiger partial charge in [-0.1, -0.05) is 25.7 Å². The minimum Gasteiger partial charge on any atom is -0.481 e. The molecule has 1 saturated heterocycles. The molecule has 2 fully saturated rings. The molecule has 120 valence electrons. The molecule has 0 radical (unpaired) electrons. The van der Waals surface area contributed by atoms with Crippen LogP contribution in [0.15, 0.2) is 0 Å². The van der Waals surface area contributed by atoms with E-state index in [-0.39, 0.29) is 17.9 Å². The van der Waals surface area contributed by atoms with Crippen LogP contribution in [0, 0.1) is 5.92 Å². The minimum absolute atomic E-state index is 0.175. The summed E-state index contributed by atoms with van der Waals surface area (Å²) in [6.45, 7) is 2.11. The SMILES string of the molecule is O=C(O)C1CCCC(NCC(=O)N2CCCCCCC2)C1. The standard InChI is InChI=1S/C16H28N2O3/c19-15(18-9-4-2-1-3-5-10-18)12-17-14-8-6-7-13(11-14)16(20)21/h13-14,17H,1-12H2,(H,20,21). The molecule has 0 aromatic rings. The summed E-state index contributed by atoms with van der Waals surface area (Å²) in [6, 6.07) is 0.179. The second-order valence-corrected chi connectivity index (χ2v) is 6.43. The van der Waals surface area contributed by atoms with E-state index >= 15 is 0 Å². The van der Waals surface area contributed by atoms with Crippen molar-refractivity contribution in [3.63, 3.8) is 0 Å². The number of carboxylic acids is 1. The van der Waals surface area contributed by atoms with Crippen LogP contribution in [-0.4, -0.2) is 47.6 Å². The van der Waals surface area contributed by atoms with E-state index in [0.29, 0.717) is 13.0 Å². The predicted molar refractivity (Wildman–Crippen MR) is 81.0 cm³/mol. The topological polar surface area (TPSA) is 69.6 Å². The summed E-state index contributed by atoms with van der Waals surface area (Å²) in [6.07, 6.45) is 9.30. The van der Waals surface area contributed by atoms with Gasteiger partial charge in [0.25, 0.3) is 0 Å². The highest BCUT2D eigenvalue weighted by molar-refractivity contribution is 5.78. The van der Waals surface area contributed by atoms with Crippen LogP contribution >= 0.6 is 0 Å². The monoisotopic (exact) mass is 296 g/mol. The zero-order valence-corrected chi connectivity index (χ0v) is 12.9. The van der Waals surface area contributed by atoms with E-state index in [1.165, 1.54) is 19.3 Å². The summed E-state index contributed by atoms with van der Waals surface area (Å²) in [5, 5.41) is 12.4. The molecule has 0 aromatic carbocycles. The summed E-state index contributed by atoms with van der Waals surface area (Å²) in [4.78, 5) is 25.3. The molecule has 1 heterocycles. The Morgan fingerprint density at radius 2 is 1.67 bits per heavy atom. The highest BCUT2D eigenvalue weighted by Gasteiger charge is 2.27. The Hall–Kier alpha value is -1.10. The highest BCUT2D eigenvalue weighted by Crippen LogP contribution is 2.24. The van der Waals surface area contributed by atoms with E-state index in [1.807, 2.05) is 4.90 Å². The third kappa shape index (κ3) is 5.30. The Morgan fingerprint density at radius 3 is 2.33 bits per heavy atom. The Morgan fingerprint density at radius 1 is 1.00 bits per heavy atom. The van der Waals surface area contributed by atoms with Crippen molar-refractivity contribution >= 4 is 11.9 Å². The van der Waals surface area contributed by atoms with Gasteiger partial charge in [-0.3, -0.25) is 9.59 Å². The third-order valence-electron chi connectivity index (χ3n) is 4.77. The molecule has 1 saturated carbocycles. The van der Waals surface area contributed by atoms with E-state index in [2.05, 4.69) is 5.32 Å². The molecule has 0 aromatic heterocycles. The first-order chi connectivity index (χ1) is 10.2. The largest absolute Gasteiger partial charge is 0.481 e. The van der Waals surface area contributed by atoms with Crippen LogP contribution < -0.4 is 5.32 Å². The summed E-state index contributed by atoms with van der Waals surface area (Å²) >= 11 is 0. The lowest BCUT2D eigenvalue weighted by Crippen LogP contribution is -2.44. The lowest BCUT2D eigenvalue weighted by molar-refractivity contribution is -0.143. The quantitative estimate of drug-likeness (QED) is 0.832. The second-order valence-electron chi connectivity index (χ2n) is 6.43. The molecule has 0 bridgehead atoms. The number of carbonyl (C=O) groups excluding carboxylic acids is 1. The van der Waals surface area contributed by atoms with Crippen LogP contribution in [0.4, 0.5) is 0 Å². The van der Waals surface area contributed by atoms with Gasteiger partial charge in [-0.05, 0) is 32.1 Å². The first kappa shape index (κ1) is 16.3. The van der Waals surface area contributed by atoms with E-state index in [0.717, 1.165) is 45.2 Å². The summed E-state index contributed by atoms with van der Waals surface area (Å²) in [7, 11) is 0. The van der Waals surface area contributed by atoms with Crippen LogP contribution in [0.2, 0.25) is 0 Å². The molecule has 1 aliphatic carbocycles. The van der Waals surface area contributed by atoms with Gasteiger partial charge in [0.1, 0.15) is 0 Å². The molecule has 2 rings (SSSR count). The number of likely N-dealkylation sites (tertiary alicyclic amines) is 1. The maximum atomic E-state index is 12.3. The van der Waals surface area contributed by atoms with Crippen molar-refractivity contribution in [2.24, 2.45) is 5.92 Å². The van der Waals surface area contributed by atoms with Crippen molar-refractivity contribution in [1.82, 2.24) is 10.2 Å². The fourth-order valence-corrected chi connectivity index (χ4v) is 3.44. The predicted octanol–water partition coefficient (Wildman–Crippen LogP) is 2.01. The fourth-order valence-electron chi connectivity index (χ4n) is 3.44. The van der Waals surface area contributed by atoms with Crippen molar-refractivity contribution in [1.29, 1.82) is 0 Å². The molecule has 5 heteroatoms. The molecule has 5 nitrogen and oxygen atoms in total. The van der Waals surface area contributed by atoms with Gasteiger partial charge in [0.05, 0.1) is 12.5 Å². The number of hydrogen-bond donors (Lipinski definition) is 2. The van der Waals surface area contributed by atoms with Gasteiger partial charge in [0.15, 0.2) is 0 Å². The van der Waals surface area contributed by atoms with E-state index in [4.69, 9.17) is 5.11 Å². The van der Waals surface area contributed by atoms with Gasteiger partial charge >= 0.3 is 5.97 Å². The Kier molecular flexibility index (Phi) is 6.49. The first-order valence-electron chi connectivity index (χ1n) is 8.41. The second kappa shape index (κ2) is 8.37. The molecule has 2 N–H and O–H groups in total. The molecule has 0 spiro atoms. The van der Waals surface area contributed by atoms with Crippen molar-refractivity contribution < 1.29 is 14.7 Å². The molecule has 21 heavy (non-hydrogen) atoms. The molecule has 2 atom stereocenters. The zero-order valence-electron chi connectivity index (χ0n) is 12.9. The summed E-state index contributed by atoms with van der Waals surface area (Å²) < 4.78 is 0. The lowest BCUT2D eigenvalue weighted by Gasteiger charge is -2.29. The number of aliphatic carboxylic acids is 1. The van der Waals surface area contributed by atoms with Gasteiger partial charge < -0.3 is 15.3 Å². The van der Waals surface area contributed by atoms with Crippen molar-refractivity contribution in [2.45, 2.75) is 63.8 Å². The molecule has 2 unspecified atom stereocenters. The van der Waals surface area contributed by atoms with Crippen LogP contribution in [-0.2, 0) is 9.59 Å². The minimum atomic E-state index is -0.698. The first-order valence-corrected chi connectivity index (χ1v) is 8.41. The van der Waals surface area contributed by atoms with E-state index < -0.39 is 5.97 Å². The Bertz CT molecular complexity index is 351. The molecular weight excluding hydrogens is 268 g/mol. The number of nitrogens with one attached hydrogen (secondary N) is 1. The van der Waals surface area contributed by atoms with Crippen LogP contribution in [0.1, 0.15) is 57.8 Å². The van der Waals surface area contributed by atoms with Crippen LogP contribution in [0.5, 0.6) is 0 Å². The smallest absolute Gasteiger partial charge is 0.306 e. The van der Waals surface area contributed by atoms with Gasteiger partial charge in [0.2, 0.25) is 5.91 Å². The maximum absolute atomic E-state index is 12.3. The number of nitrogens with zero attached hydrogens (tertiary/aromatic N) is 1. The fraction of sp³-hybridized carbons (Fsp3) is 0.875. The third-order valence-corrected chi connectivity index (χ3v) is 4.77. The maximum Gasteiger partial charge on any atom is 0.306 e.